The number of amides is 1. The van der Waals surface area contributed by atoms with Crippen molar-refractivity contribution in [1.29, 1.82) is 0 Å². The topological polar surface area (TPSA) is 25.2 Å². The Morgan fingerprint density at radius 3 is 1.38 bits per heavy atom. The molecular weight excluding hydrogens is 716 g/mol. The molecule has 0 radical (unpaired) electrons. The van der Waals surface area contributed by atoms with Crippen LogP contribution in [0.15, 0.2) is 91.0 Å². The highest BCUT2D eigenvalue weighted by Gasteiger charge is 2.41. The molecule has 1 aromatic heterocycles. The zero-order valence-electron chi connectivity index (χ0n) is 26.2. The first-order valence-electron chi connectivity index (χ1n) is 15.2. The summed E-state index contributed by atoms with van der Waals surface area (Å²) in [6.45, 7) is 0.104. The molecule has 0 saturated heterocycles. The second kappa shape index (κ2) is 11.5. The first kappa shape index (κ1) is 35.0. The summed E-state index contributed by atoms with van der Waals surface area (Å²) in [5.74, 6) is -0.536. The summed E-state index contributed by atoms with van der Waals surface area (Å²) in [7, 11) is 1.48. The number of carbonyl (C=O) groups is 1. The molecule has 0 unspecified atom stereocenters. The van der Waals surface area contributed by atoms with E-state index in [0.717, 1.165) is 0 Å². The number of hydrogen-bond donors (Lipinski definition) is 0. The van der Waals surface area contributed by atoms with Crippen LogP contribution in [0, 0.1) is 0 Å². The lowest BCUT2D eigenvalue weighted by Gasteiger charge is -2.20. The average Bonchev–Trinajstić information content (AvgIpc) is 3.55. The third kappa shape index (κ3) is 5.62. The highest BCUT2D eigenvalue weighted by atomic mass is 19.4. The van der Waals surface area contributed by atoms with Gasteiger partial charge in [0.2, 0.25) is 0 Å². The molecule has 0 aliphatic carbocycles. The molecule has 0 atom stereocenters. The Labute approximate surface area is 285 Å². The minimum Gasteiger partial charge on any atom is -0.337 e. The lowest BCUT2D eigenvalue weighted by atomic mass is 9.94. The van der Waals surface area contributed by atoms with Crippen LogP contribution in [-0.4, -0.2) is 22.4 Å². The summed E-state index contributed by atoms with van der Waals surface area (Å²) in [4.78, 5) is 14.9. The third-order valence-electron chi connectivity index (χ3n) is 9.03. The van der Waals surface area contributed by atoms with E-state index in [1.54, 1.807) is 6.07 Å². The van der Waals surface area contributed by atoms with Crippen LogP contribution in [0.25, 0.3) is 49.7 Å². The Kier molecular flexibility index (Phi) is 7.74. The summed E-state index contributed by atoms with van der Waals surface area (Å²) < 4.78 is 170. The van der Waals surface area contributed by atoms with Gasteiger partial charge in [0, 0.05) is 35.5 Å². The molecule has 0 fully saturated rings. The highest BCUT2D eigenvalue weighted by molar-refractivity contribution is 6.18. The normalized spacial score (nSPS) is 14.2. The molecule has 0 spiro atoms. The molecule has 0 saturated carbocycles. The maximum Gasteiger partial charge on any atom is 0.417 e. The second-order valence-corrected chi connectivity index (χ2v) is 12.2. The van der Waals surface area contributed by atoms with E-state index >= 15 is 0 Å². The third-order valence-corrected chi connectivity index (χ3v) is 9.03. The fourth-order valence-corrected chi connectivity index (χ4v) is 6.84. The smallest absolute Gasteiger partial charge is 0.337 e. The molecule has 3 nitrogen and oxygen atoms in total. The van der Waals surface area contributed by atoms with Gasteiger partial charge in [0.1, 0.15) is 0 Å². The molecule has 5 aromatic carbocycles. The van der Waals surface area contributed by atoms with Crippen LogP contribution in [0.3, 0.4) is 0 Å². The Hall–Kier alpha value is -5.47. The lowest BCUT2D eigenvalue weighted by molar-refractivity contribution is -0.144. The second-order valence-electron chi connectivity index (χ2n) is 12.2. The van der Waals surface area contributed by atoms with Crippen LogP contribution in [0.5, 0.6) is 0 Å². The molecule has 7 rings (SSSR count). The monoisotopic (exact) mass is 736 g/mol. The van der Waals surface area contributed by atoms with Crippen LogP contribution >= 0.6 is 0 Å². The number of alkyl halides is 12. The Morgan fingerprint density at radius 1 is 0.519 bits per heavy atom. The fourth-order valence-electron chi connectivity index (χ4n) is 6.84. The van der Waals surface area contributed by atoms with Crippen molar-refractivity contribution in [3.8, 4) is 27.9 Å². The van der Waals surface area contributed by atoms with Crippen LogP contribution in [-0.2, 0) is 31.2 Å². The van der Waals surface area contributed by atoms with Crippen molar-refractivity contribution in [2.24, 2.45) is 0 Å². The van der Waals surface area contributed by atoms with Crippen molar-refractivity contribution in [1.82, 2.24) is 9.47 Å². The van der Waals surface area contributed by atoms with Crippen LogP contribution in [0.2, 0.25) is 0 Å². The molecule has 2 heterocycles. The molecule has 0 N–H and O–H groups in total. The summed E-state index contributed by atoms with van der Waals surface area (Å²) >= 11 is 0. The molecule has 52 heavy (non-hydrogen) atoms. The van der Waals surface area contributed by atoms with Gasteiger partial charge >= 0.3 is 24.7 Å². The van der Waals surface area contributed by atoms with Gasteiger partial charge in [-0.25, -0.2) is 0 Å². The van der Waals surface area contributed by atoms with Crippen LogP contribution < -0.4 is 0 Å². The summed E-state index contributed by atoms with van der Waals surface area (Å²) in [5.41, 5.74) is -8.06. The van der Waals surface area contributed by atoms with Gasteiger partial charge in [-0.1, -0.05) is 60.7 Å². The van der Waals surface area contributed by atoms with E-state index in [1.807, 2.05) is 0 Å². The molecule has 1 aliphatic rings. The van der Waals surface area contributed by atoms with Crippen molar-refractivity contribution >= 4 is 27.7 Å². The Morgan fingerprint density at radius 2 is 0.962 bits per heavy atom. The number of hydrogen-bond acceptors (Lipinski definition) is 1. The number of carbonyl (C=O) groups excluding carboxylic acids is 1. The summed E-state index contributed by atoms with van der Waals surface area (Å²) in [6, 6.07) is 14.6. The molecule has 6 aromatic rings. The molecule has 15 heteroatoms. The van der Waals surface area contributed by atoms with Gasteiger partial charge < -0.3 is 9.47 Å². The maximum atomic E-state index is 14.6. The van der Waals surface area contributed by atoms with E-state index in [2.05, 4.69) is 0 Å². The summed E-state index contributed by atoms with van der Waals surface area (Å²) in [5, 5.41) is 0.276. The minimum atomic E-state index is -5.31. The predicted molar refractivity (Wildman–Crippen MR) is 167 cm³/mol. The first-order valence-corrected chi connectivity index (χ1v) is 15.2. The fraction of sp³-hybridized carbons (Fsp3) is 0.162. The number of fused-ring (bicyclic) bond motifs is 4. The number of aromatic nitrogens is 1. The van der Waals surface area contributed by atoms with Crippen molar-refractivity contribution in [3.63, 3.8) is 0 Å². The van der Waals surface area contributed by atoms with Crippen molar-refractivity contribution in [2.45, 2.75) is 31.2 Å². The largest absolute Gasteiger partial charge is 0.417 e. The number of halogens is 12. The number of benzene rings is 5. The number of nitrogens with zero attached hydrogens (tertiary/aromatic N) is 2. The molecule has 1 amide bonds. The van der Waals surface area contributed by atoms with Gasteiger partial charge in [0.15, 0.2) is 0 Å². The van der Waals surface area contributed by atoms with Gasteiger partial charge in [-0.15, -0.1) is 0 Å². The van der Waals surface area contributed by atoms with E-state index in [4.69, 9.17) is 0 Å². The average molecular weight is 737 g/mol. The van der Waals surface area contributed by atoms with E-state index in [0.29, 0.717) is 29.8 Å². The number of para-hydroxylation sites is 2. The van der Waals surface area contributed by atoms with Gasteiger partial charge in [0.25, 0.3) is 5.91 Å². The zero-order valence-corrected chi connectivity index (χ0v) is 26.2. The quantitative estimate of drug-likeness (QED) is 0.166. The summed E-state index contributed by atoms with van der Waals surface area (Å²) in [6.07, 6.45) is -20.9. The molecule has 268 valence electrons. The molecule has 1 aliphatic heterocycles. The van der Waals surface area contributed by atoms with E-state index < -0.39 is 64.0 Å². The SMILES string of the molecule is CN1Cc2cccc(-n3c4c(-c5ccc(C(F)(F)F)cc5C(F)(F)F)cccc4c4cccc(-c5ccc(C(F)(F)F)cc5C(F)(F)F)c43)c2C1=O. The van der Waals surface area contributed by atoms with Crippen molar-refractivity contribution < 1.29 is 57.5 Å². The van der Waals surface area contributed by atoms with E-state index in [1.165, 1.54) is 65.0 Å². The standard InChI is InChI=1S/C37H20F12N2O/c1-50-17-18-5-2-10-29(30(18)33(50)52)51-31-23(21-13-11-19(34(38,39)40)15-27(21)36(44,45)46)6-3-8-25(31)26-9-4-7-24(32(26)51)22-14-12-20(35(41,42)43)16-28(22)37(47,48)49/h2-16H,17H2,1H3. The highest BCUT2D eigenvalue weighted by Crippen LogP contribution is 2.49. The van der Waals surface area contributed by atoms with Crippen molar-refractivity contribution in [2.75, 3.05) is 7.05 Å². The lowest BCUT2D eigenvalue weighted by Crippen LogP contribution is -2.18. The van der Waals surface area contributed by atoms with Gasteiger partial charge in [-0.2, -0.15) is 52.7 Å². The number of rotatable bonds is 3. The molecule has 0 bridgehead atoms. The van der Waals surface area contributed by atoms with Crippen LogP contribution in [0.4, 0.5) is 52.7 Å². The van der Waals surface area contributed by atoms with Crippen LogP contribution in [0.1, 0.15) is 38.2 Å². The minimum absolute atomic E-state index is 0.0210. The van der Waals surface area contributed by atoms with Gasteiger partial charge in [-0.3, -0.25) is 4.79 Å². The first-order chi connectivity index (χ1) is 24.2. The van der Waals surface area contributed by atoms with E-state index in [-0.39, 0.29) is 62.9 Å². The van der Waals surface area contributed by atoms with E-state index in [9.17, 15) is 57.5 Å². The zero-order chi connectivity index (χ0) is 37.7. The van der Waals surface area contributed by atoms with Crippen molar-refractivity contribution in [3.05, 3.63) is 124 Å². The Balaban J connectivity index is 1.68. The Bertz CT molecular complexity index is 2300. The maximum absolute atomic E-state index is 14.6. The predicted octanol–water partition coefficient (Wildman–Crippen LogP) is 11.8. The molecular formula is C37H20F12N2O. The van der Waals surface area contributed by atoms with Gasteiger partial charge in [-0.05, 0) is 47.0 Å². The van der Waals surface area contributed by atoms with Gasteiger partial charge in [0.05, 0.1) is 44.5 Å².